The number of nitrogens with one attached hydrogen (secondary N) is 1. The summed E-state index contributed by atoms with van der Waals surface area (Å²) in [6.07, 6.45) is 3.15. The summed E-state index contributed by atoms with van der Waals surface area (Å²) >= 11 is 0. The van der Waals surface area contributed by atoms with Crippen molar-refractivity contribution in [1.82, 2.24) is 4.57 Å². The second-order valence-electron chi connectivity index (χ2n) is 4.62. The minimum absolute atomic E-state index is 0.123. The van der Waals surface area contributed by atoms with E-state index in [2.05, 4.69) is 29.1 Å². The number of hydrogen-bond donors (Lipinski definition) is 2. The van der Waals surface area contributed by atoms with Crippen LogP contribution in [0.3, 0.4) is 0 Å². The number of aromatic nitrogens is 1. The highest BCUT2D eigenvalue weighted by Crippen LogP contribution is 2.14. The number of nitrogens with zero attached hydrogens (tertiary/aromatic N) is 1. The zero-order valence-electron chi connectivity index (χ0n) is 11.4. The summed E-state index contributed by atoms with van der Waals surface area (Å²) in [4.78, 5) is 0.123. The fraction of sp³-hybridized carbons (Fsp3) is 0.286. The van der Waals surface area contributed by atoms with E-state index in [1.165, 1.54) is 17.8 Å². The number of rotatable bonds is 6. The van der Waals surface area contributed by atoms with Crippen LogP contribution in [0.15, 0.2) is 47.5 Å². The smallest absolute Gasteiger partial charge is 0.238 e. The number of sulfonamides is 1. The van der Waals surface area contributed by atoms with Crippen LogP contribution in [0.5, 0.6) is 0 Å². The molecule has 0 aliphatic carbocycles. The monoisotopic (exact) mass is 293 g/mol. The Balaban J connectivity index is 2.02. The summed E-state index contributed by atoms with van der Waals surface area (Å²) < 4.78 is 24.5. The van der Waals surface area contributed by atoms with Gasteiger partial charge in [-0.25, -0.2) is 13.6 Å². The van der Waals surface area contributed by atoms with Crippen LogP contribution < -0.4 is 10.5 Å². The standard InChI is InChI=1S/C14H19N3O2S/c1-2-9-17-10-3-4-13(17)11-16-12-5-7-14(8-6-12)20(15,18)19/h3-8,10,16H,2,9,11H2,1H3,(H2,15,18,19). The SMILES string of the molecule is CCCn1cccc1CNc1ccc(S(N)(=O)=O)cc1. The quantitative estimate of drug-likeness (QED) is 0.856. The Hall–Kier alpha value is -1.79. The summed E-state index contributed by atoms with van der Waals surface area (Å²) in [5.74, 6) is 0. The molecule has 1 aromatic heterocycles. The zero-order chi connectivity index (χ0) is 14.6. The summed E-state index contributed by atoms with van der Waals surface area (Å²) in [5.41, 5.74) is 2.06. The molecule has 5 nitrogen and oxygen atoms in total. The molecule has 0 saturated heterocycles. The molecule has 0 radical (unpaired) electrons. The van der Waals surface area contributed by atoms with Gasteiger partial charge in [-0.15, -0.1) is 0 Å². The molecule has 6 heteroatoms. The van der Waals surface area contributed by atoms with Gasteiger partial charge in [-0.2, -0.15) is 0 Å². The van der Waals surface area contributed by atoms with E-state index in [1.807, 2.05) is 6.07 Å². The van der Waals surface area contributed by atoms with Crippen LogP contribution >= 0.6 is 0 Å². The van der Waals surface area contributed by atoms with Crippen LogP contribution in [0, 0.1) is 0 Å². The van der Waals surface area contributed by atoms with Crippen LogP contribution in [-0.4, -0.2) is 13.0 Å². The van der Waals surface area contributed by atoms with Crippen molar-refractivity contribution in [3.05, 3.63) is 48.3 Å². The average molecular weight is 293 g/mol. The molecule has 0 saturated carbocycles. The average Bonchev–Trinajstić information content (AvgIpc) is 2.84. The van der Waals surface area contributed by atoms with Gasteiger partial charge in [0.15, 0.2) is 0 Å². The fourth-order valence-electron chi connectivity index (χ4n) is 2.02. The summed E-state index contributed by atoms with van der Waals surface area (Å²) in [6, 6.07) is 10.5. The lowest BCUT2D eigenvalue weighted by Crippen LogP contribution is -2.12. The molecular weight excluding hydrogens is 274 g/mol. The van der Waals surface area contributed by atoms with Crippen molar-refractivity contribution in [1.29, 1.82) is 0 Å². The van der Waals surface area contributed by atoms with E-state index in [-0.39, 0.29) is 4.90 Å². The maximum atomic E-state index is 11.2. The molecule has 0 bridgehead atoms. The molecule has 0 atom stereocenters. The maximum absolute atomic E-state index is 11.2. The highest BCUT2D eigenvalue weighted by atomic mass is 32.2. The third kappa shape index (κ3) is 3.61. The van der Waals surface area contributed by atoms with E-state index in [4.69, 9.17) is 5.14 Å². The molecule has 0 aliphatic heterocycles. The lowest BCUT2D eigenvalue weighted by molar-refractivity contribution is 0.598. The molecule has 20 heavy (non-hydrogen) atoms. The van der Waals surface area contributed by atoms with E-state index in [0.29, 0.717) is 6.54 Å². The molecule has 0 aliphatic rings. The predicted octanol–water partition coefficient (Wildman–Crippen LogP) is 2.16. The lowest BCUT2D eigenvalue weighted by atomic mass is 10.3. The molecule has 0 spiro atoms. The van der Waals surface area contributed by atoms with E-state index >= 15 is 0 Å². The van der Waals surface area contributed by atoms with Gasteiger partial charge < -0.3 is 9.88 Å². The molecule has 0 amide bonds. The first-order valence-electron chi connectivity index (χ1n) is 6.51. The molecular formula is C14H19N3O2S. The van der Waals surface area contributed by atoms with Gasteiger partial charge in [-0.3, -0.25) is 0 Å². The van der Waals surface area contributed by atoms with Gasteiger partial charge in [0.1, 0.15) is 0 Å². The Bertz CT molecular complexity index is 660. The van der Waals surface area contributed by atoms with E-state index in [1.54, 1.807) is 12.1 Å². The first kappa shape index (κ1) is 14.6. The minimum atomic E-state index is -3.62. The normalized spacial score (nSPS) is 11.5. The Kier molecular flexibility index (Phi) is 4.46. The number of primary sulfonamides is 1. The number of nitrogens with two attached hydrogens (primary N) is 1. The molecule has 0 fully saturated rings. The lowest BCUT2D eigenvalue weighted by Gasteiger charge is -2.10. The highest BCUT2D eigenvalue weighted by molar-refractivity contribution is 7.89. The van der Waals surface area contributed by atoms with Crippen molar-refractivity contribution in [2.75, 3.05) is 5.32 Å². The van der Waals surface area contributed by atoms with Gasteiger partial charge in [0.05, 0.1) is 11.4 Å². The molecule has 2 aromatic rings. The van der Waals surface area contributed by atoms with Crippen molar-refractivity contribution in [3.8, 4) is 0 Å². The van der Waals surface area contributed by atoms with Crippen molar-refractivity contribution >= 4 is 15.7 Å². The second kappa shape index (κ2) is 6.11. The Labute approximate surface area is 119 Å². The molecule has 1 heterocycles. The van der Waals surface area contributed by atoms with Gasteiger partial charge in [0.25, 0.3) is 0 Å². The van der Waals surface area contributed by atoms with Gasteiger partial charge in [-0.1, -0.05) is 6.92 Å². The number of benzene rings is 1. The molecule has 2 rings (SSSR count). The topological polar surface area (TPSA) is 77.1 Å². The summed E-state index contributed by atoms with van der Waals surface area (Å²) in [6.45, 7) is 3.83. The van der Waals surface area contributed by atoms with Crippen LogP contribution in [0.1, 0.15) is 19.0 Å². The molecule has 1 aromatic carbocycles. The van der Waals surface area contributed by atoms with E-state index in [0.717, 1.165) is 18.7 Å². The van der Waals surface area contributed by atoms with Gasteiger partial charge in [0.2, 0.25) is 10.0 Å². The van der Waals surface area contributed by atoms with E-state index < -0.39 is 10.0 Å². The largest absolute Gasteiger partial charge is 0.379 e. The number of hydrogen-bond acceptors (Lipinski definition) is 3. The highest BCUT2D eigenvalue weighted by Gasteiger charge is 2.06. The Morgan fingerprint density at radius 2 is 1.90 bits per heavy atom. The Morgan fingerprint density at radius 1 is 1.20 bits per heavy atom. The minimum Gasteiger partial charge on any atom is -0.379 e. The molecule has 0 unspecified atom stereocenters. The molecule has 108 valence electrons. The number of aryl methyl sites for hydroxylation is 1. The van der Waals surface area contributed by atoms with Crippen LogP contribution in [0.25, 0.3) is 0 Å². The van der Waals surface area contributed by atoms with E-state index in [9.17, 15) is 8.42 Å². The van der Waals surface area contributed by atoms with Crippen LogP contribution in [0.4, 0.5) is 5.69 Å². The van der Waals surface area contributed by atoms with Gasteiger partial charge >= 0.3 is 0 Å². The van der Waals surface area contributed by atoms with Crippen LogP contribution in [0.2, 0.25) is 0 Å². The van der Waals surface area contributed by atoms with Gasteiger partial charge in [0, 0.05) is 24.1 Å². The first-order chi connectivity index (χ1) is 9.50. The third-order valence-electron chi connectivity index (χ3n) is 3.04. The fourth-order valence-corrected chi connectivity index (χ4v) is 2.54. The predicted molar refractivity (Wildman–Crippen MR) is 79.9 cm³/mol. The zero-order valence-corrected chi connectivity index (χ0v) is 12.2. The van der Waals surface area contributed by atoms with Crippen LogP contribution in [-0.2, 0) is 23.1 Å². The van der Waals surface area contributed by atoms with Crippen molar-refractivity contribution in [3.63, 3.8) is 0 Å². The molecule has 3 N–H and O–H groups in total. The first-order valence-corrected chi connectivity index (χ1v) is 8.06. The van der Waals surface area contributed by atoms with Crippen molar-refractivity contribution < 1.29 is 8.42 Å². The third-order valence-corrected chi connectivity index (χ3v) is 3.97. The number of anilines is 1. The summed E-state index contributed by atoms with van der Waals surface area (Å²) in [5, 5.41) is 8.33. The van der Waals surface area contributed by atoms with Crippen molar-refractivity contribution in [2.45, 2.75) is 31.3 Å². The summed E-state index contributed by atoms with van der Waals surface area (Å²) in [7, 11) is -3.62. The van der Waals surface area contributed by atoms with Crippen molar-refractivity contribution in [2.24, 2.45) is 5.14 Å². The maximum Gasteiger partial charge on any atom is 0.238 e. The second-order valence-corrected chi connectivity index (χ2v) is 6.18. The Morgan fingerprint density at radius 3 is 2.50 bits per heavy atom. The van der Waals surface area contributed by atoms with Gasteiger partial charge in [-0.05, 0) is 42.8 Å².